The lowest BCUT2D eigenvalue weighted by Gasteiger charge is -2.29. The number of anilines is 1. The lowest BCUT2D eigenvalue weighted by molar-refractivity contribution is 0.0698. The molecule has 0 spiro atoms. The fourth-order valence-corrected chi connectivity index (χ4v) is 5.33. The number of ether oxygens (including phenoxy) is 2. The Morgan fingerprint density at radius 2 is 1.29 bits per heavy atom. The predicted octanol–water partition coefficient (Wildman–Crippen LogP) is 7.48. The van der Waals surface area contributed by atoms with Crippen molar-refractivity contribution in [3.8, 4) is 17.2 Å². The van der Waals surface area contributed by atoms with E-state index in [1.807, 2.05) is 30.3 Å². The fourth-order valence-electron chi connectivity index (χ4n) is 4.50. The monoisotopic (exact) mass is 586 g/mol. The highest BCUT2D eigenvalue weighted by molar-refractivity contribution is 7.97. The molecular weight excluding hydrogens is 556 g/mol. The van der Waals surface area contributed by atoms with Crippen LogP contribution in [0.15, 0.2) is 108 Å². The van der Waals surface area contributed by atoms with E-state index in [2.05, 4.69) is 34.3 Å². The summed E-state index contributed by atoms with van der Waals surface area (Å²) >= 11 is 1.69. The third kappa shape index (κ3) is 8.66. The van der Waals surface area contributed by atoms with E-state index in [1.54, 1.807) is 54.4 Å². The Bertz CT molecular complexity index is 1440. The molecule has 3 N–H and O–H groups in total. The van der Waals surface area contributed by atoms with Gasteiger partial charge in [-0.05, 0) is 110 Å². The molecule has 4 aromatic carbocycles. The zero-order valence-corrected chi connectivity index (χ0v) is 23.4. The highest BCUT2D eigenvalue weighted by Gasteiger charge is 2.22. The van der Waals surface area contributed by atoms with Crippen LogP contribution >= 0.6 is 11.9 Å². The maximum absolute atomic E-state index is 12.6. The molecule has 0 aliphatic heterocycles. The van der Waals surface area contributed by atoms with Crippen molar-refractivity contribution in [2.45, 2.75) is 42.7 Å². The van der Waals surface area contributed by atoms with Crippen molar-refractivity contribution in [2.24, 2.45) is 0 Å². The first-order valence-corrected chi connectivity index (χ1v) is 14.2. The molecule has 1 saturated carbocycles. The Labute approximate surface area is 247 Å². The topological polar surface area (TPSA) is 131 Å². The second kappa shape index (κ2) is 15.4. The SMILES string of the molecule is O=C(Nc1ccccc1C(=O)O)c1ccc(Oc2ccc(OC3CCC(NSc4ccccc4)CC3)cc2)cc1.O=O. The number of carbonyl (C=O) groups excluding carboxylic acids is 1. The predicted molar refractivity (Wildman–Crippen MR) is 163 cm³/mol. The van der Waals surface area contributed by atoms with E-state index in [0.29, 0.717) is 23.1 Å². The third-order valence-electron chi connectivity index (χ3n) is 6.65. The quantitative estimate of drug-likeness (QED) is 0.162. The molecule has 0 bridgehead atoms. The van der Waals surface area contributed by atoms with E-state index in [1.165, 1.54) is 11.0 Å². The van der Waals surface area contributed by atoms with Gasteiger partial charge in [-0.3, -0.25) is 9.52 Å². The number of para-hydroxylation sites is 1. The van der Waals surface area contributed by atoms with Crippen LogP contribution in [-0.4, -0.2) is 29.1 Å². The Balaban J connectivity index is 0.00000198. The zero-order chi connectivity index (χ0) is 29.7. The average molecular weight is 587 g/mol. The number of hydrogen-bond acceptors (Lipinski definition) is 8. The summed E-state index contributed by atoms with van der Waals surface area (Å²) in [5, 5.41) is 12.0. The molecular formula is C32H30N2O7S. The van der Waals surface area contributed by atoms with Gasteiger partial charge in [-0.2, -0.15) is 0 Å². The third-order valence-corrected chi connectivity index (χ3v) is 7.60. The summed E-state index contributed by atoms with van der Waals surface area (Å²) in [4.78, 5) is 39.2. The van der Waals surface area contributed by atoms with Gasteiger partial charge in [0.15, 0.2) is 0 Å². The summed E-state index contributed by atoms with van der Waals surface area (Å²) < 4.78 is 15.7. The minimum atomic E-state index is -1.10. The molecule has 0 saturated heterocycles. The summed E-state index contributed by atoms with van der Waals surface area (Å²) in [6.07, 6.45) is 4.37. The molecule has 1 amide bonds. The van der Waals surface area contributed by atoms with Gasteiger partial charge in [0, 0.05) is 26.4 Å². The molecule has 0 heterocycles. The van der Waals surface area contributed by atoms with Crippen LogP contribution in [0.5, 0.6) is 17.2 Å². The number of carbonyl (C=O) groups is 2. The largest absolute Gasteiger partial charge is 0.490 e. The number of rotatable bonds is 10. The van der Waals surface area contributed by atoms with Gasteiger partial charge in [0.05, 0.1) is 17.4 Å². The number of aromatic carboxylic acids is 1. The molecule has 0 atom stereocenters. The highest BCUT2D eigenvalue weighted by Crippen LogP contribution is 2.29. The lowest BCUT2D eigenvalue weighted by atomic mass is 9.94. The van der Waals surface area contributed by atoms with Crippen LogP contribution in [0.2, 0.25) is 0 Å². The Kier molecular flexibility index (Phi) is 11.1. The van der Waals surface area contributed by atoms with Crippen molar-refractivity contribution >= 4 is 29.5 Å². The first-order chi connectivity index (χ1) is 20.5. The second-order valence-corrected chi connectivity index (χ2v) is 10.4. The van der Waals surface area contributed by atoms with Crippen LogP contribution in [0.1, 0.15) is 46.4 Å². The van der Waals surface area contributed by atoms with Crippen LogP contribution < -0.4 is 19.5 Å². The van der Waals surface area contributed by atoms with Gasteiger partial charge in [-0.25, -0.2) is 4.79 Å². The van der Waals surface area contributed by atoms with Crippen LogP contribution in [0, 0.1) is 9.93 Å². The van der Waals surface area contributed by atoms with Gasteiger partial charge < -0.3 is 19.9 Å². The summed E-state index contributed by atoms with van der Waals surface area (Å²) in [5.41, 5.74) is 0.667. The van der Waals surface area contributed by atoms with Gasteiger partial charge in [0.1, 0.15) is 17.2 Å². The average Bonchev–Trinajstić information content (AvgIpc) is 3.03. The van der Waals surface area contributed by atoms with E-state index < -0.39 is 11.9 Å². The summed E-state index contributed by atoms with van der Waals surface area (Å²) in [5.74, 6) is 0.549. The molecule has 216 valence electrons. The highest BCUT2D eigenvalue weighted by atomic mass is 32.2. The van der Waals surface area contributed by atoms with Gasteiger partial charge in [-0.15, -0.1) is 0 Å². The molecule has 1 aliphatic rings. The van der Waals surface area contributed by atoms with E-state index >= 15 is 0 Å². The smallest absolute Gasteiger partial charge is 0.337 e. The number of carboxylic acid groups (broad SMARTS) is 1. The maximum Gasteiger partial charge on any atom is 0.337 e. The fraction of sp³-hybridized carbons (Fsp3) is 0.188. The van der Waals surface area contributed by atoms with E-state index in [9.17, 15) is 14.7 Å². The molecule has 10 heteroatoms. The summed E-state index contributed by atoms with van der Waals surface area (Å²) in [7, 11) is 0. The van der Waals surface area contributed by atoms with Gasteiger partial charge in [0.25, 0.3) is 5.91 Å². The lowest BCUT2D eigenvalue weighted by Crippen LogP contribution is -2.33. The van der Waals surface area contributed by atoms with Crippen LogP contribution in [-0.2, 0) is 0 Å². The molecule has 42 heavy (non-hydrogen) atoms. The van der Waals surface area contributed by atoms with Crippen molar-refractivity contribution in [2.75, 3.05) is 5.32 Å². The Morgan fingerprint density at radius 1 is 0.714 bits per heavy atom. The molecule has 4 aromatic rings. The summed E-state index contributed by atoms with van der Waals surface area (Å²) in [6, 6.07) is 31.3. The standard InChI is InChI=1S/C32H30N2O5S.O2/c35-31(33-30-9-5-4-8-29(30)32(36)37)22-10-14-24(15-11-22)38-26-18-20-27(21-19-26)39-25-16-12-23(13-17-25)34-40-28-6-2-1-3-7-28;1-2/h1-11,14-15,18-21,23,25,34H,12-13,16-17H2,(H,33,35)(H,36,37);. The molecule has 5 rings (SSSR count). The van der Waals surface area contributed by atoms with Gasteiger partial charge >= 0.3 is 5.97 Å². The number of amides is 1. The van der Waals surface area contributed by atoms with Crippen LogP contribution in [0.4, 0.5) is 5.69 Å². The maximum atomic E-state index is 12.6. The normalized spacial score (nSPS) is 15.9. The van der Waals surface area contributed by atoms with Gasteiger partial charge in [0.2, 0.25) is 0 Å². The molecule has 1 aliphatic carbocycles. The molecule has 0 aromatic heterocycles. The molecule has 0 radical (unpaired) electrons. The van der Waals surface area contributed by atoms with Crippen molar-refractivity contribution < 1.29 is 24.2 Å². The number of nitrogens with one attached hydrogen (secondary N) is 2. The molecule has 1 fully saturated rings. The first kappa shape index (κ1) is 30.3. The Morgan fingerprint density at radius 3 is 1.93 bits per heavy atom. The first-order valence-electron chi connectivity index (χ1n) is 13.4. The number of carboxylic acids is 1. The summed E-state index contributed by atoms with van der Waals surface area (Å²) in [6.45, 7) is 0. The Hall–Kier alpha value is -4.67. The van der Waals surface area contributed by atoms with Crippen LogP contribution in [0.3, 0.4) is 0 Å². The number of hydrogen-bond donors (Lipinski definition) is 3. The minimum Gasteiger partial charge on any atom is -0.490 e. The zero-order valence-electron chi connectivity index (χ0n) is 22.6. The van der Waals surface area contributed by atoms with Crippen LogP contribution in [0.25, 0.3) is 0 Å². The van der Waals surface area contributed by atoms with Crippen molar-refractivity contribution in [1.29, 1.82) is 0 Å². The molecule has 9 nitrogen and oxygen atoms in total. The number of benzene rings is 4. The van der Waals surface area contributed by atoms with E-state index in [-0.39, 0.29) is 17.4 Å². The second-order valence-electron chi connectivity index (χ2n) is 9.53. The van der Waals surface area contributed by atoms with E-state index in [4.69, 9.17) is 19.4 Å². The van der Waals surface area contributed by atoms with Crippen molar-refractivity contribution in [3.63, 3.8) is 0 Å². The minimum absolute atomic E-state index is 0.0332. The molecule has 0 unspecified atom stereocenters. The van der Waals surface area contributed by atoms with Gasteiger partial charge in [-0.1, -0.05) is 30.3 Å². The van der Waals surface area contributed by atoms with Crippen molar-refractivity contribution in [3.05, 3.63) is 124 Å². The van der Waals surface area contributed by atoms with E-state index in [0.717, 1.165) is 31.4 Å². The van der Waals surface area contributed by atoms with Crippen molar-refractivity contribution in [1.82, 2.24) is 4.72 Å².